The van der Waals surface area contributed by atoms with Crippen LogP contribution in [0.15, 0.2) is 42.5 Å². The van der Waals surface area contributed by atoms with Gasteiger partial charge in [-0.05, 0) is 24.3 Å². The van der Waals surface area contributed by atoms with Gasteiger partial charge in [0.1, 0.15) is 5.82 Å². The lowest BCUT2D eigenvalue weighted by Crippen LogP contribution is -2.18. The average molecular weight is 265 g/mol. The van der Waals surface area contributed by atoms with E-state index in [9.17, 15) is 4.39 Å². The van der Waals surface area contributed by atoms with Crippen LogP contribution in [-0.4, -0.2) is 7.05 Å². The standard InChI is InChI=1S/C14H14ClFN2/c1-18(14-5-3-2-4-13(14)17)9-10-6-7-11(15)8-12(10)16/h2-8H,9,17H2,1H3. The van der Waals surface area contributed by atoms with Crippen LogP contribution in [0.25, 0.3) is 0 Å². The van der Waals surface area contributed by atoms with Crippen LogP contribution in [0.2, 0.25) is 5.02 Å². The Morgan fingerprint density at radius 1 is 1.22 bits per heavy atom. The lowest BCUT2D eigenvalue weighted by Gasteiger charge is -2.21. The van der Waals surface area contributed by atoms with Crippen LogP contribution in [0.4, 0.5) is 15.8 Å². The van der Waals surface area contributed by atoms with E-state index in [0.717, 1.165) is 5.69 Å². The largest absolute Gasteiger partial charge is 0.397 e. The van der Waals surface area contributed by atoms with Gasteiger partial charge in [-0.25, -0.2) is 4.39 Å². The highest BCUT2D eigenvalue weighted by Crippen LogP contribution is 2.24. The molecule has 18 heavy (non-hydrogen) atoms. The first-order valence-electron chi connectivity index (χ1n) is 5.57. The van der Waals surface area contributed by atoms with Gasteiger partial charge in [0.2, 0.25) is 0 Å². The van der Waals surface area contributed by atoms with Crippen molar-refractivity contribution < 1.29 is 4.39 Å². The summed E-state index contributed by atoms with van der Waals surface area (Å²) >= 11 is 5.72. The molecular weight excluding hydrogens is 251 g/mol. The van der Waals surface area contributed by atoms with Crippen LogP contribution in [0.5, 0.6) is 0 Å². The summed E-state index contributed by atoms with van der Waals surface area (Å²) in [5.41, 5.74) is 8.03. The van der Waals surface area contributed by atoms with Crippen molar-refractivity contribution >= 4 is 23.0 Å². The lowest BCUT2D eigenvalue weighted by atomic mass is 10.2. The van der Waals surface area contributed by atoms with Gasteiger partial charge in [-0.15, -0.1) is 0 Å². The van der Waals surface area contributed by atoms with Gasteiger partial charge in [0.05, 0.1) is 11.4 Å². The summed E-state index contributed by atoms with van der Waals surface area (Å²) in [6.07, 6.45) is 0. The molecule has 0 amide bonds. The van der Waals surface area contributed by atoms with E-state index in [1.807, 2.05) is 36.2 Å². The Morgan fingerprint density at radius 2 is 1.94 bits per heavy atom. The van der Waals surface area contributed by atoms with E-state index >= 15 is 0 Å². The lowest BCUT2D eigenvalue weighted by molar-refractivity contribution is 0.608. The van der Waals surface area contributed by atoms with E-state index in [0.29, 0.717) is 22.8 Å². The maximum Gasteiger partial charge on any atom is 0.129 e. The highest BCUT2D eigenvalue weighted by molar-refractivity contribution is 6.30. The fourth-order valence-electron chi connectivity index (χ4n) is 1.83. The summed E-state index contributed by atoms with van der Waals surface area (Å²) < 4.78 is 13.7. The zero-order chi connectivity index (χ0) is 13.1. The molecule has 0 aliphatic carbocycles. The van der Waals surface area contributed by atoms with E-state index < -0.39 is 0 Å². The summed E-state index contributed by atoms with van der Waals surface area (Å²) in [5.74, 6) is -0.302. The number of hydrogen-bond acceptors (Lipinski definition) is 2. The second kappa shape index (κ2) is 5.27. The van der Waals surface area contributed by atoms with Crippen LogP contribution in [0, 0.1) is 5.82 Å². The highest BCUT2D eigenvalue weighted by atomic mass is 35.5. The number of rotatable bonds is 3. The number of nitrogen functional groups attached to an aromatic ring is 1. The minimum atomic E-state index is -0.302. The molecule has 0 aliphatic rings. The summed E-state index contributed by atoms with van der Waals surface area (Å²) in [5, 5.41) is 0.401. The Kier molecular flexibility index (Phi) is 3.72. The van der Waals surface area contributed by atoms with Crippen LogP contribution in [0.1, 0.15) is 5.56 Å². The molecule has 0 aliphatic heterocycles. The van der Waals surface area contributed by atoms with Gasteiger partial charge < -0.3 is 10.6 Å². The number of nitrogens with two attached hydrogens (primary N) is 1. The molecule has 2 aromatic carbocycles. The quantitative estimate of drug-likeness (QED) is 0.857. The third-order valence-electron chi connectivity index (χ3n) is 2.77. The fraction of sp³-hybridized carbons (Fsp3) is 0.143. The van der Waals surface area contributed by atoms with Crippen molar-refractivity contribution in [2.45, 2.75) is 6.54 Å². The summed E-state index contributed by atoms with van der Waals surface area (Å²) in [6, 6.07) is 12.2. The SMILES string of the molecule is CN(Cc1ccc(Cl)cc1F)c1ccccc1N. The first-order valence-corrected chi connectivity index (χ1v) is 5.95. The van der Waals surface area contributed by atoms with Crippen molar-refractivity contribution in [3.05, 3.63) is 58.9 Å². The summed E-state index contributed by atoms with van der Waals surface area (Å²) in [4.78, 5) is 1.90. The maximum absolute atomic E-state index is 13.7. The second-order valence-corrected chi connectivity index (χ2v) is 4.59. The molecule has 0 saturated carbocycles. The molecule has 0 fully saturated rings. The molecule has 4 heteroatoms. The molecule has 2 rings (SSSR count). The minimum absolute atomic E-state index is 0.302. The third-order valence-corrected chi connectivity index (χ3v) is 3.01. The van der Waals surface area contributed by atoms with Gasteiger partial charge in [0.25, 0.3) is 0 Å². The zero-order valence-corrected chi connectivity index (χ0v) is 10.8. The van der Waals surface area contributed by atoms with Crippen molar-refractivity contribution in [1.29, 1.82) is 0 Å². The van der Waals surface area contributed by atoms with Gasteiger partial charge in [0.15, 0.2) is 0 Å². The number of hydrogen-bond donors (Lipinski definition) is 1. The predicted molar refractivity (Wildman–Crippen MR) is 74.4 cm³/mol. The Morgan fingerprint density at radius 3 is 2.61 bits per heavy atom. The van der Waals surface area contributed by atoms with E-state index in [-0.39, 0.29) is 5.82 Å². The second-order valence-electron chi connectivity index (χ2n) is 4.15. The number of nitrogens with zero attached hydrogens (tertiary/aromatic N) is 1. The molecule has 0 unspecified atom stereocenters. The number of anilines is 2. The van der Waals surface area contributed by atoms with E-state index in [2.05, 4.69) is 0 Å². The van der Waals surface area contributed by atoms with Gasteiger partial charge >= 0.3 is 0 Å². The molecule has 0 spiro atoms. The molecule has 0 aromatic heterocycles. The molecule has 0 radical (unpaired) electrons. The van der Waals surface area contributed by atoms with Crippen molar-refractivity contribution in [3.8, 4) is 0 Å². The molecule has 2 N–H and O–H groups in total. The van der Waals surface area contributed by atoms with Crippen molar-refractivity contribution in [2.24, 2.45) is 0 Å². The van der Waals surface area contributed by atoms with E-state index in [1.165, 1.54) is 6.07 Å². The average Bonchev–Trinajstić information content (AvgIpc) is 2.33. The summed E-state index contributed by atoms with van der Waals surface area (Å²) in [6.45, 7) is 0.442. The highest BCUT2D eigenvalue weighted by Gasteiger charge is 2.09. The van der Waals surface area contributed by atoms with Crippen LogP contribution < -0.4 is 10.6 Å². The molecule has 0 heterocycles. The predicted octanol–water partition coefficient (Wildman–Crippen LogP) is 3.70. The number of para-hydroxylation sites is 2. The van der Waals surface area contributed by atoms with E-state index in [1.54, 1.807) is 12.1 Å². The van der Waals surface area contributed by atoms with Crippen LogP contribution in [0.3, 0.4) is 0 Å². The molecule has 94 valence electrons. The zero-order valence-electron chi connectivity index (χ0n) is 10.0. The molecule has 2 nitrogen and oxygen atoms in total. The minimum Gasteiger partial charge on any atom is -0.397 e. The Hall–Kier alpha value is -1.74. The Bertz CT molecular complexity index is 557. The van der Waals surface area contributed by atoms with Crippen molar-refractivity contribution in [3.63, 3.8) is 0 Å². The Labute approximate surface area is 111 Å². The van der Waals surface area contributed by atoms with Crippen molar-refractivity contribution in [2.75, 3.05) is 17.7 Å². The fourth-order valence-corrected chi connectivity index (χ4v) is 1.98. The number of halogens is 2. The molecular formula is C14H14ClFN2. The molecule has 0 saturated heterocycles. The topological polar surface area (TPSA) is 29.3 Å². The van der Waals surface area contributed by atoms with Gasteiger partial charge in [-0.2, -0.15) is 0 Å². The first kappa shape index (κ1) is 12.7. The third kappa shape index (κ3) is 2.74. The number of benzene rings is 2. The van der Waals surface area contributed by atoms with Gasteiger partial charge in [-0.3, -0.25) is 0 Å². The molecule has 0 bridgehead atoms. The smallest absolute Gasteiger partial charge is 0.129 e. The van der Waals surface area contributed by atoms with E-state index in [4.69, 9.17) is 17.3 Å². The maximum atomic E-state index is 13.7. The normalized spacial score (nSPS) is 10.4. The van der Waals surface area contributed by atoms with Crippen molar-refractivity contribution in [1.82, 2.24) is 0 Å². The molecule has 0 atom stereocenters. The van der Waals surface area contributed by atoms with Gasteiger partial charge in [0, 0.05) is 24.2 Å². The van der Waals surface area contributed by atoms with Crippen LogP contribution in [-0.2, 0) is 6.54 Å². The Balaban J connectivity index is 2.21. The first-order chi connectivity index (χ1) is 8.58. The molecule has 2 aromatic rings. The summed E-state index contributed by atoms with van der Waals surface area (Å²) in [7, 11) is 1.87. The van der Waals surface area contributed by atoms with Gasteiger partial charge in [-0.1, -0.05) is 29.8 Å². The monoisotopic (exact) mass is 264 g/mol. The van der Waals surface area contributed by atoms with Crippen LogP contribution >= 0.6 is 11.6 Å².